The zero-order valence-corrected chi connectivity index (χ0v) is 14.0. The topological polar surface area (TPSA) is 60.5 Å². The lowest BCUT2D eigenvalue weighted by molar-refractivity contribution is 0.0174. The second kappa shape index (κ2) is 7.38. The lowest BCUT2D eigenvalue weighted by Gasteiger charge is -2.11. The van der Waals surface area contributed by atoms with Crippen LogP contribution in [0.1, 0.15) is 37.6 Å². The molecule has 0 fully saturated rings. The smallest absolute Gasteiger partial charge is 0.270 e. The number of aromatic nitrogens is 1. The number of rotatable bonds is 6. The van der Waals surface area contributed by atoms with E-state index in [9.17, 15) is 8.78 Å². The van der Waals surface area contributed by atoms with Crippen molar-refractivity contribution in [2.75, 3.05) is 0 Å². The maximum Gasteiger partial charge on any atom is 0.270 e. The van der Waals surface area contributed by atoms with Gasteiger partial charge >= 0.3 is 0 Å². The van der Waals surface area contributed by atoms with Crippen molar-refractivity contribution in [2.45, 2.75) is 39.3 Å². The highest BCUT2D eigenvalue weighted by molar-refractivity contribution is 5.95. The second-order valence-corrected chi connectivity index (χ2v) is 5.83. The van der Waals surface area contributed by atoms with Crippen molar-refractivity contribution in [3.05, 3.63) is 59.4 Å². The fourth-order valence-electron chi connectivity index (χ4n) is 2.06. The quantitative estimate of drug-likeness (QED) is 0.644. The number of ether oxygens (including phenoxy) is 1. The standard InChI is InChI=1S/C18H21F2N3O/c1-12(2)24-15-8-9-22-16(10-15)17(21)23-11-13-4-6-14(7-5-13)18(3,19)20/h4-10,12H,11H2,1-3H3,(H2,21,23). The Balaban J connectivity index is 2.08. The SMILES string of the molecule is CC(C)Oc1ccnc(C(N)=NCc2ccc(C(C)(F)F)cc2)c1. The highest BCUT2D eigenvalue weighted by Crippen LogP contribution is 2.26. The summed E-state index contributed by atoms with van der Waals surface area (Å²) < 4.78 is 32.0. The minimum Gasteiger partial charge on any atom is -0.491 e. The Morgan fingerprint density at radius 2 is 1.92 bits per heavy atom. The van der Waals surface area contributed by atoms with E-state index in [1.165, 1.54) is 12.1 Å². The molecule has 0 atom stereocenters. The van der Waals surface area contributed by atoms with Gasteiger partial charge in [0.25, 0.3) is 5.92 Å². The molecule has 2 aromatic rings. The van der Waals surface area contributed by atoms with Crippen molar-refractivity contribution in [3.63, 3.8) is 0 Å². The number of pyridine rings is 1. The van der Waals surface area contributed by atoms with Crippen LogP contribution >= 0.6 is 0 Å². The van der Waals surface area contributed by atoms with Gasteiger partial charge in [0, 0.05) is 24.8 Å². The van der Waals surface area contributed by atoms with E-state index < -0.39 is 5.92 Å². The third-order valence-corrected chi connectivity index (χ3v) is 3.26. The van der Waals surface area contributed by atoms with Crippen molar-refractivity contribution in [1.82, 2.24) is 4.98 Å². The summed E-state index contributed by atoms with van der Waals surface area (Å²) in [7, 11) is 0. The molecule has 6 heteroatoms. The molecule has 0 radical (unpaired) electrons. The van der Waals surface area contributed by atoms with Gasteiger partial charge in [-0.05, 0) is 25.5 Å². The molecular weight excluding hydrogens is 312 g/mol. The van der Waals surface area contributed by atoms with Gasteiger partial charge in [0.15, 0.2) is 0 Å². The van der Waals surface area contributed by atoms with Gasteiger partial charge in [-0.1, -0.05) is 24.3 Å². The van der Waals surface area contributed by atoms with Crippen LogP contribution in [0.5, 0.6) is 5.75 Å². The van der Waals surface area contributed by atoms with Crippen molar-refractivity contribution in [3.8, 4) is 5.75 Å². The third kappa shape index (κ3) is 5.01. The molecule has 1 aromatic carbocycles. The molecule has 0 amide bonds. The Morgan fingerprint density at radius 1 is 1.25 bits per heavy atom. The Kier molecular flexibility index (Phi) is 5.49. The van der Waals surface area contributed by atoms with Gasteiger partial charge < -0.3 is 10.5 Å². The molecule has 1 heterocycles. The Hall–Kier alpha value is -2.50. The number of nitrogens with two attached hydrogens (primary N) is 1. The number of nitrogens with zero attached hydrogens (tertiary/aromatic N) is 2. The van der Waals surface area contributed by atoms with Crippen LogP contribution in [0.3, 0.4) is 0 Å². The fraction of sp³-hybridized carbons (Fsp3) is 0.333. The van der Waals surface area contributed by atoms with E-state index in [4.69, 9.17) is 10.5 Å². The molecule has 1 aromatic heterocycles. The zero-order chi connectivity index (χ0) is 17.7. The third-order valence-electron chi connectivity index (χ3n) is 3.26. The molecule has 0 saturated heterocycles. The minimum absolute atomic E-state index is 0.0246. The van der Waals surface area contributed by atoms with Crippen LogP contribution in [-0.4, -0.2) is 16.9 Å². The minimum atomic E-state index is -2.85. The number of alkyl halides is 2. The summed E-state index contributed by atoms with van der Waals surface area (Å²) in [6, 6.07) is 9.51. The lowest BCUT2D eigenvalue weighted by Crippen LogP contribution is -2.16. The molecule has 4 nitrogen and oxygen atoms in total. The van der Waals surface area contributed by atoms with Crippen LogP contribution in [0.15, 0.2) is 47.6 Å². The summed E-state index contributed by atoms with van der Waals surface area (Å²) in [4.78, 5) is 8.44. The molecule has 0 aliphatic heterocycles. The number of halogens is 2. The van der Waals surface area contributed by atoms with Crippen molar-refractivity contribution >= 4 is 5.84 Å². The predicted octanol–water partition coefficient (Wildman–Crippen LogP) is 3.89. The molecule has 0 saturated carbocycles. The summed E-state index contributed by atoms with van der Waals surface area (Å²) >= 11 is 0. The average Bonchev–Trinajstić information content (AvgIpc) is 2.52. The van der Waals surface area contributed by atoms with Crippen molar-refractivity contribution in [2.24, 2.45) is 10.7 Å². The highest BCUT2D eigenvalue weighted by Gasteiger charge is 2.23. The number of benzene rings is 1. The number of amidine groups is 1. The first-order valence-electron chi connectivity index (χ1n) is 7.66. The molecule has 2 rings (SSSR count). The van der Waals surface area contributed by atoms with E-state index >= 15 is 0 Å². The van der Waals surface area contributed by atoms with E-state index in [1.54, 1.807) is 30.5 Å². The highest BCUT2D eigenvalue weighted by atomic mass is 19.3. The average molecular weight is 333 g/mol. The second-order valence-electron chi connectivity index (χ2n) is 5.83. The summed E-state index contributed by atoms with van der Waals surface area (Å²) in [5.41, 5.74) is 7.24. The largest absolute Gasteiger partial charge is 0.491 e. The fourth-order valence-corrected chi connectivity index (χ4v) is 2.06. The first kappa shape index (κ1) is 17.8. The zero-order valence-electron chi connectivity index (χ0n) is 14.0. The maximum atomic E-state index is 13.2. The Morgan fingerprint density at radius 3 is 2.50 bits per heavy atom. The molecule has 2 N–H and O–H groups in total. The van der Waals surface area contributed by atoms with Crippen molar-refractivity contribution in [1.29, 1.82) is 0 Å². The van der Waals surface area contributed by atoms with Gasteiger partial charge in [0.05, 0.1) is 12.6 Å². The molecule has 0 bridgehead atoms. The summed E-state index contributed by atoms with van der Waals surface area (Å²) in [5, 5.41) is 0. The number of hydrogen-bond donors (Lipinski definition) is 1. The maximum absolute atomic E-state index is 13.2. The normalized spacial score (nSPS) is 12.5. The van der Waals surface area contributed by atoms with Gasteiger partial charge in [-0.25, -0.2) is 8.78 Å². The van der Waals surface area contributed by atoms with Crippen LogP contribution in [0.2, 0.25) is 0 Å². The predicted molar refractivity (Wildman–Crippen MR) is 90.4 cm³/mol. The van der Waals surface area contributed by atoms with E-state index in [-0.39, 0.29) is 17.5 Å². The van der Waals surface area contributed by atoms with E-state index in [0.717, 1.165) is 12.5 Å². The van der Waals surface area contributed by atoms with Gasteiger partial charge in [-0.15, -0.1) is 0 Å². The molecule has 24 heavy (non-hydrogen) atoms. The number of hydrogen-bond acceptors (Lipinski definition) is 3. The van der Waals surface area contributed by atoms with E-state index in [2.05, 4.69) is 9.98 Å². The van der Waals surface area contributed by atoms with Crippen LogP contribution in [0.25, 0.3) is 0 Å². The Bertz CT molecular complexity index is 707. The Labute approximate surface area is 140 Å². The summed E-state index contributed by atoms with van der Waals surface area (Å²) in [6.45, 7) is 5.02. The van der Waals surface area contributed by atoms with Crippen LogP contribution in [-0.2, 0) is 12.5 Å². The monoisotopic (exact) mass is 333 g/mol. The van der Waals surface area contributed by atoms with Crippen LogP contribution in [0, 0.1) is 0 Å². The molecule has 128 valence electrons. The van der Waals surface area contributed by atoms with Crippen LogP contribution in [0.4, 0.5) is 8.78 Å². The van der Waals surface area contributed by atoms with Gasteiger partial charge in [0.2, 0.25) is 0 Å². The lowest BCUT2D eigenvalue weighted by atomic mass is 10.1. The van der Waals surface area contributed by atoms with Gasteiger partial charge in [-0.2, -0.15) is 0 Å². The van der Waals surface area contributed by atoms with E-state index in [0.29, 0.717) is 18.0 Å². The first-order chi connectivity index (χ1) is 11.3. The molecule has 0 unspecified atom stereocenters. The number of aliphatic imine (C=N–C) groups is 1. The first-order valence-corrected chi connectivity index (χ1v) is 7.66. The van der Waals surface area contributed by atoms with Gasteiger partial charge in [-0.3, -0.25) is 9.98 Å². The van der Waals surface area contributed by atoms with Crippen molar-refractivity contribution < 1.29 is 13.5 Å². The van der Waals surface area contributed by atoms with E-state index in [1.807, 2.05) is 13.8 Å². The molecule has 0 spiro atoms. The molecular formula is C18H21F2N3O. The molecule has 0 aliphatic carbocycles. The van der Waals surface area contributed by atoms with Gasteiger partial charge in [0.1, 0.15) is 17.3 Å². The molecule has 0 aliphatic rings. The van der Waals surface area contributed by atoms with Crippen LogP contribution < -0.4 is 10.5 Å². The summed E-state index contributed by atoms with van der Waals surface area (Å²) in [6.07, 6.45) is 1.65. The summed E-state index contributed by atoms with van der Waals surface area (Å²) in [5.74, 6) is -1.90.